The molecule has 21 heavy (non-hydrogen) atoms. The van der Waals surface area contributed by atoms with Gasteiger partial charge >= 0.3 is 0 Å². The van der Waals surface area contributed by atoms with E-state index in [0.717, 1.165) is 31.0 Å². The van der Waals surface area contributed by atoms with Gasteiger partial charge in [0.25, 0.3) is 0 Å². The van der Waals surface area contributed by atoms with Gasteiger partial charge in [-0.05, 0) is 24.5 Å². The molecule has 0 saturated heterocycles. The van der Waals surface area contributed by atoms with Gasteiger partial charge in [0.15, 0.2) is 0 Å². The highest BCUT2D eigenvalue weighted by molar-refractivity contribution is 5.58. The summed E-state index contributed by atoms with van der Waals surface area (Å²) in [5.41, 5.74) is 3.83. The lowest BCUT2D eigenvalue weighted by atomic mass is 10.1. The number of aryl methyl sites for hydroxylation is 1. The van der Waals surface area contributed by atoms with Crippen molar-refractivity contribution in [3.8, 4) is 0 Å². The molecular formula is C17H24N4. The Morgan fingerprint density at radius 3 is 2.62 bits per heavy atom. The highest BCUT2D eigenvalue weighted by Crippen LogP contribution is 2.25. The Balaban J connectivity index is 2.30. The summed E-state index contributed by atoms with van der Waals surface area (Å²) in [7, 11) is 4.00. The Kier molecular flexibility index (Phi) is 5.14. The van der Waals surface area contributed by atoms with Crippen LogP contribution in [0.15, 0.2) is 30.6 Å². The largest absolute Gasteiger partial charge is 0.373 e. The van der Waals surface area contributed by atoms with E-state index >= 15 is 0 Å². The van der Waals surface area contributed by atoms with Gasteiger partial charge in [-0.1, -0.05) is 37.6 Å². The fourth-order valence-corrected chi connectivity index (χ4v) is 2.55. The Morgan fingerprint density at radius 2 is 1.95 bits per heavy atom. The van der Waals surface area contributed by atoms with Crippen LogP contribution in [0.1, 0.15) is 30.0 Å². The zero-order valence-electron chi connectivity index (χ0n) is 13.3. The van der Waals surface area contributed by atoms with Crippen molar-refractivity contribution in [3.63, 3.8) is 0 Å². The predicted octanol–water partition coefficient (Wildman–Crippen LogP) is 3.42. The molecule has 0 aliphatic carbocycles. The number of benzene rings is 1. The van der Waals surface area contributed by atoms with Crippen molar-refractivity contribution in [1.82, 2.24) is 9.97 Å². The van der Waals surface area contributed by atoms with Crippen LogP contribution in [0.25, 0.3) is 0 Å². The van der Waals surface area contributed by atoms with Gasteiger partial charge < -0.3 is 10.2 Å². The molecule has 0 fully saturated rings. The smallest absolute Gasteiger partial charge is 0.137 e. The zero-order chi connectivity index (χ0) is 15.2. The first-order valence-electron chi connectivity index (χ1n) is 7.44. The van der Waals surface area contributed by atoms with Crippen LogP contribution >= 0.6 is 0 Å². The molecule has 112 valence electrons. The van der Waals surface area contributed by atoms with Crippen molar-refractivity contribution in [2.45, 2.75) is 33.2 Å². The highest BCUT2D eigenvalue weighted by Gasteiger charge is 2.14. The molecule has 1 heterocycles. The Labute approximate surface area is 127 Å². The summed E-state index contributed by atoms with van der Waals surface area (Å²) in [6, 6.07) is 8.48. The lowest BCUT2D eigenvalue weighted by molar-refractivity contribution is 0.841. The van der Waals surface area contributed by atoms with E-state index in [1.54, 1.807) is 6.33 Å². The third-order valence-electron chi connectivity index (χ3n) is 3.69. The van der Waals surface area contributed by atoms with Gasteiger partial charge in [0.05, 0.1) is 0 Å². The van der Waals surface area contributed by atoms with E-state index in [-0.39, 0.29) is 0 Å². The van der Waals surface area contributed by atoms with Crippen LogP contribution in [0, 0.1) is 6.92 Å². The molecule has 0 saturated carbocycles. The molecule has 0 aliphatic heterocycles. The quantitative estimate of drug-likeness (QED) is 0.882. The van der Waals surface area contributed by atoms with E-state index < -0.39 is 0 Å². The number of hydrogen-bond donors (Lipinski definition) is 1. The number of nitrogens with zero attached hydrogens (tertiary/aromatic N) is 3. The van der Waals surface area contributed by atoms with E-state index in [0.29, 0.717) is 0 Å². The first-order valence-corrected chi connectivity index (χ1v) is 7.44. The van der Waals surface area contributed by atoms with Crippen molar-refractivity contribution in [3.05, 3.63) is 47.3 Å². The normalized spacial score (nSPS) is 10.5. The van der Waals surface area contributed by atoms with Gasteiger partial charge in [0.2, 0.25) is 0 Å². The van der Waals surface area contributed by atoms with Crippen LogP contribution in [0.3, 0.4) is 0 Å². The van der Waals surface area contributed by atoms with Gasteiger partial charge in [-0.2, -0.15) is 0 Å². The number of aromatic nitrogens is 2. The Bertz CT molecular complexity index is 595. The van der Waals surface area contributed by atoms with E-state index in [1.807, 2.05) is 7.05 Å². The van der Waals surface area contributed by atoms with Crippen molar-refractivity contribution in [2.24, 2.45) is 0 Å². The summed E-state index contributed by atoms with van der Waals surface area (Å²) >= 11 is 0. The number of nitrogens with one attached hydrogen (secondary N) is 1. The molecular weight excluding hydrogens is 260 g/mol. The predicted molar refractivity (Wildman–Crippen MR) is 88.9 cm³/mol. The van der Waals surface area contributed by atoms with Crippen LogP contribution < -0.4 is 10.2 Å². The third-order valence-corrected chi connectivity index (χ3v) is 3.69. The molecule has 0 aliphatic rings. The molecule has 1 aromatic heterocycles. The number of rotatable bonds is 6. The summed E-state index contributed by atoms with van der Waals surface area (Å²) in [5.74, 6) is 1.94. The summed E-state index contributed by atoms with van der Waals surface area (Å²) in [6.45, 7) is 5.18. The second kappa shape index (κ2) is 7.07. The third kappa shape index (κ3) is 3.51. The molecule has 0 spiro atoms. The molecule has 0 bridgehead atoms. The molecule has 0 amide bonds. The summed E-state index contributed by atoms with van der Waals surface area (Å²) in [6.07, 6.45) is 3.69. The van der Waals surface area contributed by atoms with Crippen molar-refractivity contribution >= 4 is 11.6 Å². The topological polar surface area (TPSA) is 41.1 Å². The SMILES string of the molecule is CCCc1c(NC)ncnc1N(C)Cc1ccccc1C. The van der Waals surface area contributed by atoms with E-state index in [4.69, 9.17) is 0 Å². The highest BCUT2D eigenvalue weighted by atomic mass is 15.2. The minimum Gasteiger partial charge on any atom is -0.373 e. The molecule has 4 nitrogen and oxygen atoms in total. The standard InChI is InChI=1S/C17H24N4/c1-5-8-15-16(18-3)19-12-20-17(15)21(4)11-14-10-7-6-9-13(14)2/h6-7,9-10,12H,5,8,11H2,1-4H3,(H,18,19,20). The molecule has 2 aromatic rings. The zero-order valence-corrected chi connectivity index (χ0v) is 13.3. The minimum absolute atomic E-state index is 0.851. The Morgan fingerprint density at radius 1 is 1.19 bits per heavy atom. The van der Waals surface area contributed by atoms with Gasteiger partial charge in [0, 0.05) is 26.2 Å². The lowest BCUT2D eigenvalue weighted by Crippen LogP contribution is -2.21. The second-order valence-corrected chi connectivity index (χ2v) is 5.31. The molecule has 0 atom stereocenters. The average molecular weight is 284 g/mol. The van der Waals surface area contributed by atoms with Crippen LogP contribution in [0.4, 0.5) is 11.6 Å². The first-order chi connectivity index (χ1) is 10.2. The maximum Gasteiger partial charge on any atom is 0.137 e. The van der Waals surface area contributed by atoms with Crippen molar-refractivity contribution in [1.29, 1.82) is 0 Å². The van der Waals surface area contributed by atoms with Gasteiger partial charge in [-0.15, -0.1) is 0 Å². The molecule has 0 unspecified atom stereocenters. The molecule has 0 radical (unpaired) electrons. The van der Waals surface area contributed by atoms with E-state index in [9.17, 15) is 0 Å². The summed E-state index contributed by atoms with van der Waals surface area (Å²) in [4.78, 5) is 11.0. The molecule has 1 N–H and O–H groups in total. The monoisotopic (exact) mass is 284 g/mol. The maximum atomic E-state index is 4.51. The minimum atomic E-state index is 0.851. The van der Waals surface area contributed by atoms with Crippen molar-refractivity contribution < 1.29 is 0 Å². The summed E-state index contributed by atoms with van der Waals surface area (Å²) < 4.78 is 0. The first kappa shape index (κ1) is 15.3. The number of anilines is 2. The Hall–Kier alpha value is -2.10. The molecule has 2 rings (SSSR count). The van der Waals surface area contributed by atoms with Gasteiger partial charge in [0.1, 0.15) is 18.0 Å². The van der Waals surface area contributed by atoms with Gasteiger partial charge in [-0.25, -0.2) is 9.97 Å². The van der Waals surface area contributed by atoms with Crippen LogP contribution in [0.5, 0.6) is 0 Å². The van der Waals surface area contributed by atoms with Crippen LogP contribution in [-0.2, 0) is 13.0 Å². The van der Waals surface area contributed by atoms with Crippen LogP contribution in [0.2, 0.25) is 0 Å². The molecule has 4 heteroatoms. The number of hydrogen-bond acceptors (Lipinski definition) is 4. The maximum absolute atomic E-state index is 4.51. The summed E-state index contributed by atoms with van der Waals surface area (Å²) in [5, 5.41) is 3.17. The molecule has 1 aromatic carbocycles. The second-order valence-electron chi connectivity index (χ2n) is 5.31. The average Bonchev–Trinajstić information content (AvgIpc) is 2.50. The fourth-order valence-electron chi connectivity index (χ4n) is 2.55. The van der Waals surface area contributed by atoms with Crippen LogP contribution in [-0.4, -0.2) is 24.1 Å². The van der Waals surface area contributed by atoms with E-state index in [1.165, 1.54) is 16.7 Å². The van der Waals surface area contributed by atoms with Gasteiger partial charge in [-0.3, -0.25) is 0 Å². The fraction of sp³-hybridized carbons (Fsp3) is 0.412. The van der Waals surface area contributed by atoms with Crippen molar-refractivity contribution in [2.75, 3.05) is 24.3 Å². The van der Waals surface area contributed by atoms with E-state index in [2.05, 4.69) is 65.3 Å². The lowest BCUT2D eigenvalue weighted by Gasteiger charge is -2.23.